The molecule has 2 aromatic carbocycles. The third-order valence-corrected chi connectivity index (χ3v) is 6.49. The van der Waals surface area contributed by atoms with E-state index in [0.29, 0.717) is 29.7 Å². The smallest absolute Gasteiger partial charge is 0.338 e. The van der Waals surface area contributed by atoms with Gasteiger partial charge in [-0.3, -0.25) is 14.6 Å². The summed E-state index contributed by atoms with van der Waals surface area (Å²) < 4.78 is 10.5. The zero-order valence-electron chi connectivity index (χ0n) is 20.6. The summed E-state index contributed by atoms with van der Waals surface area (Å²) in [6, 6.07) is 11.8. The molecule has 196 valence electrons. The molecule has 1 aliphatic heterocycles. The number of benzene rings is 2. The number of amides is 1. The SMILES string of the molecule is CCCOC(=O)c1ccc(CN2C(=O)C(=O)/C(=C(/O)c3cc(Cl)cc(Cl)c3OC)C2c2cccnc2)cc1. The van der Waals surface area contributed by atoms with Crippen LogP contribution in [0.25, 0.3) is 5.76 Å². The number of Topliss-reactive ketones (excluding diaryl/α,β-unsaturated/α-hetero) is 1. The van der Waals surface area contributed by atoms with Gasteiger partial charge in [0, 0.05) is 24.0 Å². The van der Waals surface area contributed by atoms with Crippen LogP contribution in [-0.4, -0.2) is 46.4 Å². The van der Waals surface area contributed by atoms with E-state index in [2.05, 4.69) is 4.98 Å². The predicted octanol–water partition coefficient (Wildman–Crippen LogP) is 5.59. The third kappa shape index (κ3) is 5.37. The Bertz CT molecular complexity index is 1410. The summed E-state index contributed by atoms with van der Waals surface area (Å²) in [4.78, 5) is 44.2. The molecule has 10 heteroatoms. The molecule has 8 nitrogen and oxygen atoms in total. The summed E-state index contributed by atoms with van der Waals surface area (Å²) in [7, 11) is 1.37. The van der Waals surface area contributed by atoms with Crippen LogP contribution < -0.4 is 4.74 Å². The van der Waals surface area contributed by atoms with Crippen molar-refractivity contribution >= 4 is 46.6 Å². The van der Waals surface area contributed by atoms with Crippen LogP contribution in [-0.2, 0) is 20.9 Å². The summed E-state index contributed by atoms with van der Waals surface area (Å²) in [6.07, 6.45) is 3.79. The molecule has 1 atom stereocenters. The normalized spacial score (nSPS) is 16.5. The molecule has 1 fully saturated rings. The van der Waals surface area contributed by atoms with E-state index >= 15 is 0 Å². The van der Waals surface area contributed by atoms with Crippen LogP contribution in [0.4, 0.5) is 0 Å². The molecule has 1 amide bonds. The standard InChI is InChI=1S/C28H24Cl2N2O6/c1-3-11-38-28(36)17-8-6-16(7-9-17)15-32-23(18-5-4-10-31-14-18)22(25(34)27(32)35)24(33)20-12-19(29)13-21(30)26(20)37-2/h4-10,12-14,23,33H,3,11,15H2,1-2H3/b24-22+. The predicted molar refractivity (Wildman–Crippen MR) is 142 cm³/mol. The minimum Gasteiger partial charge on any atom is -0.507 e. The Morgan fingerprint density at radius 2 is 1.87 bits per heavy atom. The lowest BCUT2D eigenvalue weighted by atomic mass is 9.95. The largest absolute Gasteiger partial charge is 0.507 e. The summed E-state index contributed by atoms with van der Waals surface area (Å²) in [5.41, 5.74) is 1.47. The van der Waals surface area contributed by atoms with E-state index in [1.807, 2.05) is 6.92 Å². The van der Waals surface area contributed by atoms with Crippen molar-refractivity contribution in [3.8, 4) is 5.75 Å². The Morgan fingerprint density at radius 3 is 2.50 bits per heavy atom. The van der Waals surface area contributed by atoms with Crippen molar-refractivity contribution in [1.29, 1.82) is 0 Å². The second-order valence-corrected chi connectivity index (χ2v) is 9.36. The molecule has 38 heavy (non-hydrogen) atoms. The van der Waals surface area contributed by atoms with E-state index in [1.165, 1.54) is 30.3 Å². The van der Waals surface area contributed by atoms with Gasteiger partial charge in [0.1, 0.15) is 11.5 Å². The van der Waals surface area contributed by atoms with Crippen molar-refractivity contribution < 1.29 is 29.0 Å². The number of esters is 1. The first-order valence-corrected chi connectivity index (χ1v) is 12.5. The molecule has 0 saturated carbocycles. The van der Waals surface area contributed by atoms with Crippen LogP contribution in [0.5, 0.6) is 5.75 Å². The van der Waals surface area contributed by atoms with Crippen molar-refractivity contribution in [2.45, 2.75) is 25.9 Å². The molecule has 1 N–H and O–H groups in total. The highest BCUT2D eigenvalue weighted by Gasteiger charge is 2.46. The van der Waals surface area contributed by atoms with Gasteiger partial charge >= 0.3 is 5.97 Å². The van der Waals surface area contributed by atoms with Crippen LogP contribution in [0, 0.1) is 0 Å². The van der Waals surface area contributed by atoms with Crippen molar-refractivity contribution in [2.24, 2.45) is 0 Å². The Labute approximate surface area is 229 Å². The first kappa shape index (κ1) is 27.2. The second kappa shape index (κ2) is 11.7. The first-order chi connectivity index (χ1) is 18.3. The molecule has 2 heterocycles. The molecular weight excluding hydrogens is 531 g/mol. The van der Waals surface area contributed by atoms with Gasteiger partial charge in [-0.2, -0.15) is 0 Å². The van der Waals surface area contributed by atoms with Crippen LogP contribution in [0.3, 0.4) is 0 Å². The first-order valence-electron chi connectivity index (χ1n) is 11.7. The zero-order valence-corrected chi connectivity index (χ0v) is 22.1. The topological polar surface area (TPSA) is 106 Å². The number of nitrogens with zero attached hydrogens (tertiary/aromatic N) is 2. The molecule has 0 spiro atoms. The second-order valence-electron chi connectivity index (χ2n) is 8.51. The maximum Gasteiger partial charge on any atom is 0.338 e. The molecule has 1 saturated heterocycles. The number of aliphatic hydroxyl groups excluding tert-OH is 1. The minimum atomic E-state index is -0.958. The molecule has 3 aromatic rings. The quantitative estimate of drug-likeness (QED) is 0.167. The molecule has 0 bridgehead atoms. The lowest BCUT2D eigenvalue weighted by Crippen LogP contribution is -2.29. The average molecular weight is 555 g/mol. The Hall–Kier alpha value is -3.88. The van der Waals surface area contributed by atoms with Gasteiger partial charge in [0.25, 0.3) is 11.7 Å². The van der Waals surface area contributed by atoms with E-state index in [-0.39, 0.29) is 33.5 Å². The van der Waals surface area contributed by atoms with Gasteiger partial charge in [0.05, 0.1) is 41.5 Å². The highest BCUT2D eigenvalue weighted by Crippen LogP contribution is 2.43. The van der Waals surface area contributed by atoms with Gasteiger partial charge in [-0.05, 0) is 47.9 Å². The molecule has 1 aromatic heterocycles. The highest BCUT2D eigenvalue weighted by atomic mass is 35.5. The van der Waals surface area contributed by atoms with E-state index in [0.717, 1.165) is 0 Å². The summed E-state index contributed by atoms with van der Waals surface area (Å²) in [5, 5.41) is 11.7. The minimum absolute atomic E-state index is 0.0264. The number of halogens is 2. The molecular formula is C28H24Cl2N2O6. The van der Waals surface area contributed by atoms with Crippen LogP contribution in [0.2, 0.25) is 10.0 Å². The van der Waals surface area contributed by atoms with Crippen molar-refractivity contribution in [1.82, 2.24) is 9.88 Å². The van der Waals surface area contributed by atoms with E-state index in [4.69, 9.17) is 32.7 Å². The molecule has 4 rings (SSSR count). The number of ketones is 1. The number of rotatable bonds is 8. The molecule has 0 radical (unpaired) electrons. The number of carbonyl (C=O) groups is 3. The lowest BCUT2D eigenvalue weighted by molar-refractivity contribution is -0.140. The molecule has 0 aliphatic carbocycles. The van der Waals surface area contributed by atoms with E-state index < -0.39 is 29.5 Å². The number of likely N-dealkylation sites (tertiary alicyclic amines) is 1. The number of pyridine rings is 1. The Kier molecular flexibility index (Phi) is 8.34. The monoisotopic (exact) mass is 554 g/mol. The molecule has 1 unspecified atom stereocenters. The number of carbonyl (C=O) groups excluding carboxylic acids is 3. The number of hydrogen-bond acceptors (Lipinski definition) is 7. The number of ether oxygens (including phenoxy) is 2. The van der Waals surface area contributed by atoms with Gasteiger partial charge in [-0.25, -0.2) is 4.79 Å². The maximum absolute atomic E-state index is 13.3. The number of methoxy groups -OCH3 is 1. The van der Waals surface area contributed by atoms with Gasteiger partial charge in [0.2, 0.25) is 0 Å². The third-order valence-electron chi connectivity index (χ3n) is 5.99. The summed E-state index contributed by atoms with van der Waals surface area (Å²) >= 11 is 12.4. The zero-order chi connectivity index (χ0) is 27.4. The Morgan fingerprint density at radius 1 is 1.13 bits per heavy atom. The van der Waals surface area contributed by atoms with Crippen LogP contribution in [0.15, 0.2) is 66.5 Å². The average Bonchev–Trinajstić information content (AvgIpc) is 3.16. The Balaban J connectivity index is 1.78. The number of aliphatic hydroxyl groups is 1. The van der Waals surface area contributed by atoms with Gasteiger partial charge in [0.15, 0.2) is 0 Å². The number of hydrogen-bond donors (Lipinski definition) is 1. The highest BCUT2D eigenvalue weighted by molar-refractivity contribution is 6.46. The van der Waals surface area contributed by atoms with Crippen molar-refractivity contribution in [3.63, 3.8) is 0 Å². The summed E-state index contributed by atoms with van der Waals surface area (Å²) in [6.45, 7) is 2.25. The van der Waals surface area contributed by atoms with Gasteiger partial charge in [-0.1, -0.05) is 48.3 Å². The fourth-order valence-corrected chi connectivity index (χ4v) is 4.81. The summed E-state index contributed by atoms with van der Waals surface area (Å²) in [5.74, 6) is -2.50. The van der Waals surface area contributed by atoms with Crippen LogP contribution >= 0.6 is 23.2 Å². The fourth-order valence-electron chi connectivity index (χ4n) is 4.24. The lowest BCUT2D eigenvalue weighted by Gasteiger charge is -2.25. The van der Waals surface area contributed by atoms with E-state index in [1.54, 1.807) is 42.6 Å². The van der Waals surface area contributed by atoms with Crippen molar-refractivity contribution in [2.75, 3.05) is 13.7 Å². The fraction of sp³-hybridized carbons (Fsp3) is 0.214. The van der Waals surface area contributed by atoms with E-state index in [9.17, 15) is 19.5 Å². The van der Waals surface area contributed by atoms with Gasteiger partial charge in [-0.15, -0.1) is 0 Å². The van der Waals surface area contributed by atoms with Gasteiger partial charge < -0.3 is 19.5 Å². The van der Waals surface area contributed by atoms with Crippen molar-refractivity contribution in [3.05, 3.63) is 98.8 Å². The maximum atomic E-state index is 13.3. The van der Waals surface area contributed by atoms with Crippen LogP contribution in [0.1, 0.15) is 46.4 Å². The molecule has 1 aliphatic rings. The number of aromatic nitrogens is 1.